The van der Waals surface area contributed by atoms with Gasteiger partial charge in [-0.2, -0.15) is 0 Å². The van der Waals surface area contributed by atoms with E-state index in [1.54, 1.807) is 34.8 Å². The zero-order chi connectivity index (χ0) is 25.4. The van der Waals surface area contributed by atoms with Gasteiger partial charge in [0.05, 0.1) is 24.7 Å². The molecule has 5 heterocycles. The molecule has 0 amide bonds. The highest BCUT2D eigenvalue weighted by Crippen LogP contribution is 2.28. The van der Waals surface area contributed by atoms with E-state index >= 15 is 0 Å². The second-order valence-corrected chi connectivity index (χ2v) is 10.5. The van der Waals surface area contributed by atoms with Gasteiger partial charge in [-0.25, -0.2) is 9.67 Å². The molecule has 11 heteroatoms. The summed E-state index contributed by atoms with van der Waals surface area (Å²) in [6, 6.07) is 4.27. The van der Waals surface area contributed by atoms with Gasteiger partial charge in [0.15, 0.2) is 0 Å². The second-order valence-electron chi connectivity index (χ2n) is 10.5. The lowest BCUT2D eigenvalue weighted by atomic mass is 10.0. The Kier molecular flexibility index (Phi) is 6.64. The Morgan fingerprint density at radius 1 is 1.14 bits per heavy atom. The van der Waals surface area contributed by atoms with Crippen molar-refractivity contribution in [1.82, 2.24) is 34.8 Å². The molecule has 1 saturated carbocycles. The molecule has 6 rings (SSSR count). The van der Waals surface area contributed by atoms with Gasteiger partial charge >= 0.3 is 0 Å². The van der Waals surface area contributed by atoms with E-state index in [1.165, 1.54) is 19.3 Å². The number of hydrogen-bond acceptors (Lipinski definition) is 9. The zero-order valence-electron chi connectivity index (χ0n) is 21.5. The van der Waals surface area contributed by atoms with Crippen LogP contribution in [-0.2, 0) is 4.74 Å². The first kappa shape index (κ1) is 24.1. The van der Waals surface area contributed by atoms with Gasteiger partial charge in [-0.05, 0) is 51.1 Å². The molecule has 196 valence electrons. The fourth-order valence-electron chi connectivity index (χ4n) is 5.13. The van der Waals surface area contributed by atoms with E-state index in [-0.39, 0.29) is 17.8 Å². The molecule has 1 N–H and O–H groups in total. The summed E-state index contributed by atoms with van der Waals surface area (Å²) in [5.41, 5.74) is 2.20. The molecular formula is C26H35N9O2. The molecule has 2 saturated heterocycles. The minimum Gasteiger partial charge on any atom is -0.378 e. The molecule has 1 unspecified atom stereocenters. The third-order valence-electron chi connectivity index (χ3n) is 7.80. The molecule has 0 bridgehead atoms. The topological polar surface area (TPSA) is 106 Å². The number of pyridine rings is 1. The van der Waals surface area contributed by atoms with E-state index in [0.717, 1.165) is 56.6 Å². The highest BCUT2D eigenvalue weighted by atomic mass is 16.5. The SMILES string of the molecule is COC1CN(c2cncc(-c3cn(C(C)n4ccc(N5CCC[C@@H](NCC6CC6)C5)cc4=O)nn3)n2)C1. The van der Waals surface area contributed by atoms with E-state index in [1.807, 2.05) is 25.4 Å². The van der Waals surface area contributed by atoms with Crippen molar-refractivity contribution >= 4 is 11.5 Å². The summed E-state index contributed by atoms with van der Waals surface area (Å²) >= 11 is 0. The third kappa shape index (κ3) is 5.24. The molecule has 3 aromatic heterocycles. The van der Waals surface area contributed by atoms with Crippen LogP contribution in [0.25, 0.3) is 11.4 Å². The molecule has 3 aliphatic rings. The van der Waals surface area contributed by atoms with Gasteiger partial charge in [0.25, 0.3) is 5.56 Å². The van der Waals surface area contributed by atoms with Crippen molar-refractivity contribution in [2.24, 2.45) is 5.92 Å². The lowest BCUT2D eigenvalue weighted by molar-refractivity contribution is 0.0783. The lowest BCUT2D eigenvalue weighted by Crippen LogP contribution is -2.52. The first-order valence-electron chi connectivity index (χ1n) is 13.3. The molecular weight excluding hydrogens is 470 g/mol. The monoisotopic (exact) mass is 505 g/mol. The van der Waals surface area contributed by atoms with Crippen LogP contribution in [0.5, 0.6) is 0 Å². The Hall–Kier alpha value is -3.31. The van der Waals surface area contributed by atoms with Crippen LogP contribution in [0.3, 0.4) is 0 Å². The number of nitrogens with one attached hydrogen (secondary N) is 1. The minimum absolute atomic E-state index is 0.0533. The van der Waals surface area contributed by atoms with Gasteiger partial charge in [-0.15, -0.1) is 5.10 Å². The maximum atomic E-state index is 13.1. The summed E-state index contributed by atoms with van der Waals surface area (Å²) in [4.78, 5) is 26.6. The van der Waals surface area contributed by atoms with E-state index < -0.39 is 0 Å². The van der Waals surface area contributed by atoms with Crippen molar-refractivity contribution in [3.63, 3.8) is 0 Å². The van der Waals surface area contributed by atoms with Crippen LogP contribution in [-0.4, -0.2) is 81.5 Å². The molecule has 3 fully saturated rings. The summed E-state index contributed by atoms with van der Waals surface area (Å²) in [6.45, 7) is 6.59. The number of ether oxygens (including phenoxy) is 1. The van der Waals surface area contributed by atoms with Crippen molar-refractivity contribution in [2.45, 2.75) is 50.9 Å². The fraction of sp³-hybridized carbons (Fsp3) is 0.577. The van der Waals surface area contributed by atoms with Crippen molar-refractivity contribution in [3.05, 3.63) is 47.3 Å². The van der Waals surface area contributed by atoms with E-state index in [2.05, 4.69) is 30.4 Å². The van der Waals surface area contributed by atoms with Crippen molar-refractivity contribution in [2.75, 3.05) is 49.6 Å². The van der Waals surface area contributed by atoms with Crippen LogP contribution in [0.15, 0.2) is 41.7 Å². The largest absolute Gasteiger partial charge is 0.378 e. The quantitative estimate of drug-likeness (QED) is 0.466. The molecule has 2 atom stereocenters. The average Bonchev–Trinajstić information content (AvgIpc) is 3.60. The summed E-state index contributed by atoms with van der Waals surface area (Å²) in [7, 11) is 1.72. The number of rotatable bonds is 9. The number of methoxy groups -OCH3 is 1. The molecule has 37 heavy (non-hydrogen) atoms. The Balaban J connectivity index is 1.13. The van der Waals surface area contributed by atoms with E-state index in [0.29, 0.717) is 17.4 Å². The predicted molar refractivity (Wildman–Crippen MR) is 141 cm³/mol. The first-order chi connectivity index (χ1) is 18.1. The molecule has 2 aliphatic heterocycles. The second kappa shape index (κ2) is 10.2. The van der Waals surface area contributed by atoms with Crippen molar-refractivity contribution in [3.8, 4) is 11.4 Å². The molecule has 0 spiro atoms. The van der Waals surface area contributed by atoms with Gasteiger partial charge in [-0.3, -0.25) is 14.3 Å². The smallest absolute Gasteiger partial charge is 0.254 e. The molecule has 11 nitrogen and oxygen atoms in total. The van der Waals surface area contributed by atoms with E-state index in [9.17, 15) is 4.79 Å². The average molecular weight is 506 g/mol. The minimum atomic E-state index is -0.328. The predicted octanol–water partition coefficient (Wildman–Crippen LogP) is 1.77. The van der Waals surface area contributed by atoms with Crippen LogP contribution in [0.2, 0.25) is 0 Å². The van der Waals surface area contributed by atoms with Gasteiger partial charge < -0.3 is 19.9 Å². The summed E-state index contributed by atoms with van der Waals surface area (Å²) < 4.78 is 8.72. The van der Waals surface area contributed by atoms with Crippen LogP contribution in [0.1, 0.15) is 38.8 Å². The Morgan fingerprint density at radius 3 is 2.78 bits per heavy atom. The number of aromatic nitrogens is 6. The highest BCUT2D eigenvalue weighted by molar-refractivity contribution is 5.55. The molecule has 3 aromatic rings. The summed E-state index contributed by atoms with van der Waals surface area (Å²) in [5.74, 6) is 1.67. The van der Waals surface area contributed by atoms with Crippen LogP contribution < -0.4 is 20.7 Å². The summed E-state index contributed by atoms with van der Waals surface area (Å²) in [5, 5.41) is 12.3. The molecule has 0 aromatic carbocycles. The third-order valence-corrected chi connectivity index (χ3v) is 7.80. The van der Waals surface area contributed by atoms with Gasteiger partial charge in [-0.1, -0.05) is 5.21 Å². The Labute approximate surface area is 216 Å². The molecule has 1 aliphatic carbocycles. The van der Waals surface area contributed by atoms with Crippen LogP contribution in [0, 0.1) is 5.92 Å². The van der Waals surface area contributed by atoms with Gasteiger partial charge in [0.1, 0.15) is 23.4 Å². The highest BCUT2D eigenvalue weighted by Gasteiger charge is 2.28. The number of piperidine rings is 1. The van der Waals surface area contributed by atoms with Gasteiger partial charge in [0, 0.05) is 57.3 Å². The van der Waals surface area contributed by atoms with Crippen LogP contribution >= 0.6 is 0 Å². The fourth-order valence-corrected chi connectivity index (χ4v) is 5.13. The van der Waals surface area contributed by atoms with Crippen molar-refractivity contribution in [1.29, 1.82) is 0 Å². The number of hydrogen-bond donors (Lipinski definition) is 1. The molecule has 0 radical (unpaired) electrons. The van der Waals surface area contributed by atoms with Gasteiger partial charge in [0.2, 0.25) is 0 Å². The Bertz CT molecular complexity index is 1280. The first-order valence-corrected chi connectivity index (χ1v) is 13.3. The van der Waals surface area contributed by atoms with Crippen molar-refractivity contribution < 1.29 is 4.74 Å². The maximum absolute atomic E-state index is 13.1. The zero-order valence-corrected chi connectivity index (χ0v) is 21.5. The van der Waals surface area contributed by atoms with Crippen LogP contribution in [0.4, 0.5) is 11.5 Å². The standard InChI is InChI=1S/C26H35N9O2/c1-18(35-17-24(30-31-35)23-12-27-13-25(29-23)33-15-22(16-33)37-2)34-9-7-21(10-26(34)36)32-8-3-4-20(14-32)28-11-19-5-6-19/h7,9-10,12-13,17-20,22,28H,3-6,8,11,14-16H2,1-2H3/t18?,20-/m1/s1. The summed E-state index contributed by atoms with van der Waals surface area (Å²) in [6.07, 6.45) is 12.1. The Morgan fingerprint density at radius 2 is 2.00 bits per heavy atom. The number of anilines is 2. The number of nitrogens with zero attached hydrogens (tertiary/aromatic N) is 8. The lowest BCUT2D eigenvalue weighted by Gasteiger charge is -2.38. The van der Waals surface area contributed by atoms with E-state index in [4.69, 9.17) is 9.72 Å². The normalized spacial score (nSPS) is 21.2. The maximum Gasteiger partial charge on any atom is 0.254 e.